The minimum Gasteiger partial charge on any atom is -0.394 e. The zero-order valence-electron chi connectivity index (χ0n) is 51.3. The van der Waals surface area contributed by atoms with Crippen LogP contribution in [-0.4, -0.2) is 140 Å². The van der Waals surface area contributed by atoms with Gasteiger partial charge in [0.15, 0.2) is 12.6 Å². The second-order valence-corrected chi connectivity index (χ2v) is 21.8. The molecule has 84 heavy (non-hydrogen) atoms. The van der Waals surface area contributed by atoms with E-state index in [0.717, 1.165) is 128 Å². The van der Waals surface area contributed by atoms with Crippen LogP contribution in [-0.2, 0) is 23.7 Å². The minimum atomic E-state index is -1.80. The lowest BCUT2D eigenvalue weighted by Crippen LogP contribution is -2.65. The zero-order chi connectivity index (χ0) is 60.9. The summed E-state index contributed by atoms with van der Waals surface area (Å²) in [6.45, 7) is 2.61. The van der Waals surface area contributed by atoms with Gasteiger partial charge in [0.05, 0.1) is 32.0 Å². The van der Waals surface area contributed by atoms with E-state index in [9.17, 15) is 45.6 Å². The summed E-state index contributed by atoms with van der Waals surface area (Å²) >= 11 is 0. The Morgan fingerprint density at radius 2 is 0.833 bits per heavy atom. The first-order valence-electron chi connectivity index (χ1n) is 32.1. The van der Waals surface area contributed by atoms with E-state index in [1.807, 2.05) is 6.08 Å². The van der Waals surface area contributed by atoms with Crippen molar-refractivity contribution in [2.24, 2.45) is 0 Å². The molecule has 0 aromatic carbocycles. The van der Waals surface area contributed by atoms with Crippen LogP contribution in [0.5, 0.6) is 0 Å². The normalized spacial score (nSPS) is 24.7. The van der Waals surface area contributed by atoms with Gasteiger partial charge in [-0.15, -0.1) is 0 Å². The van der Waals surface area contributed by atoms with E-state index >= 15 is 0 Å². The van der Waals surface area contributed by atoms with Gasteiger partial charge in [-0.25, -0.2) is 0 Å². The van der Waals surface area contributed by atoms with Crippen LogP contribution in [0.3, 0.4) is 0 Å². The molecule has 12 atom stereocenters. The van der Waals surface area contributed by atoms with Crippen LogP contribution in [0, 0.1) is 0 Å². The average molecular weight is 1180 g/mol. The first-order chi connectivity index (χ1) is 41.1. The zero-order valence-corrected chi connectivity index (χ0v) is 51.3. The Balaban J connectivity index is 1.70. The molecule has 476 valence electrons. The molecule has 9 N–H and O–H groups in total. The van der Waals surface area contributed by atoms with Crippen LogP contribution < -0.4 is 5.32 Å². The SMILES string of the molecule is CC/C=C\C/C=C\C/C=C\C/C=C\C/C=C\C/C=C\C/C=C\C/C=C\C/C=C\CCCCCCCCCC(=O)NC(COC1OC(CO)C(OC2OC(CO)C(O)C(O)C2O)C(O)C1O)C(O)/C=C/CC/C=C/CC/C=C/CCCCCCC. The van der Waals surface area contributed by atoms with Crippen LogP contribution in [0.1, 0.15) is 194 Å². The van der Waals surface area contributed by atoms with Gasteiger partial charge < -0.3 is 65.1 Å². The van der Waals surface area contributed by atoms with Crippen molar-refractivity contribution in [1.82, 2.24) is 5.32 Å². The van der Waals surface area contributed by atoms with Gasteiger partial charge in [-0.2, -0.15) is 0 Å². The molecule has 0 aromatic rings. The molecule has 0 saturated carbocycles. The molecule has 2 fully saturated rings. The quantitative estimate of drug-likeness (QED) is 0.0204. The predicted octanol–water partition coefficient (Wildman–Crippen LogP) is 12.1. The Kier molecular flexibility index (Phi) is 48.1. The molecule has 14 nitrogen and oxygen atoms in total. The van der Waals surface area contributed by atoms with Gasteiger partial charge in [0.1, 0.15) is 48.8 Å². The summed E-state index contributed by atoms with van der Waals surface area (Å²) in [5.41, 5.74) is 0. The van der Waals surface area contributed by atoms with E-state index in [0.29, 0.717) is 12.8 Å². The molecule has 2 aliphatic rings. The van der Waals surface area contributed by atoms with E-state index in [1.54, 1.807) is 6.08 Å². The Labute approximate surface area is 506 Å². The van der Waals surface area contributed by atoms with Crippen molar-refractivity contribution in [3.8, 4) is 0 Å². The number of rotatable bonds is 49. The van der Waals surface area contributed by atoms with Gasteiger partial charge in [-0.3, -0.25) is 4.79 Å². The number of nitrogens with one attached hydrogen (secondary N) is 1. The monoisotopic (exact) mass is 1180 g/mol. The molecule has 2 aliphatic heterocycles. The lowest BCUT2D eigenvalue weighted by molar-refractivity contribution is -0.359. The van der Waals surface area contributed by atoms with Crippen LogP contribution in [0.25, 0.3) is 0 Å². The maximum Gasteiger partial charge on any atom is 0.220 e. The number of allylic oxidation sites excluding steroid dienone is 23. The summed E-state index contributed by atoms with van der Waals surface area (Å²) < 4.78 is 22.7. The molecule has 0 aromatic heterocycles. The number of unbranched alkanes of at least 4 members (excludes halogenated alkanes) is 14. The molecule has 0 radical (unpaired) electrons. The van der Waals surface area contributed by atoms with E-state index in [2.05, 4.69) is 153 Å². The number of hydrogen-bond acceptors (Lipinski definition) is 13. The van der Waals surface area contributed by atoms with Crippen LogP contribution in [0.15, 0.2) is 146 Å². The van der Waals surface area contributed by atoms with Crippen molar-refractivity contribution >= 4 is 5.91 Å². The molecule has 14 heteroatoms. The van der Waals surface area contributed by atoms with E-state index in [4.69, 9.17) is 18.9 Å². The number of aliphatic hydroxyl groups is 8. The van der Waals surface area contributed by atoms with Gasteiger partial charge in [-0.1, -0.05) is 217 Å². The highest BCUT2D eigenvalue weighted by molar-refractivity contribution is 5.76. The molecule has 2 rings (SSSR count). The van der Waals surface area contributed by atoms with E-state index in [1.165, 1.54) is 32.1 Å². The highest BCUT2D eigenvalue weighted by Crippen LogP contribution is 2.30. The third kappa shape index (κ3) is 37.4. The first kappa shape index (κ1) is 76.0. The molecular weight excluding hydrogens is 1060 g/mol. The lowest BCUT2D eigenvalue weighted by atomic mass is 9.97. The lowest BCUT2D eigenvalue weighted by Gasteiger charge is -2.46. The van der Waals surface area contributed by atoms with Gasteiger partial charge in [0, 0.05) is 6.42 Å². The van der Waals surface area contributed by atoms with Gasteiger partial charge in [-0.05, 0) is 116 Å². The molecule has 2 saturated heterocycles. The Morgan fingerprint density at radius 3 is 1.31 bits per heavy atom. The second-order valence-electron chi connectivity index (χ2n) is 21.8. The summed E-state index contributed by atoms with van der Waals surface area (Å²) in [5, 5.41) is 87.1. The Hall–Kier alpha value is -4.13. The third-order valence-electron chi connectivity index (χ3n) is 14.5. The van der Waals surface area contributed by atoms with Gasteiger partial charge in [0.2, 0.25) is 5.91 Å². The summed E-state index contributed by atoms with van der Waals surface area (Å²) in [4.78, 5) is 13.3. The molecule has 1 amide bonds. The van der Waals surface area contributed by atoms with Crippen molar-refractivity contribution in [3.63, 3.8) is 0 Å². The van der Waals surface area contributed by atoms with Crippen molar-refractivity contribution in [2.45, 2.75) is 267 Å². The van der Waals surface area contributed by atoms with E-state index in [-0.39, 0.29) is 18.9 Å². The third-order valence-corrected chi connectivity index (χ3v) is 14.5. The number of carbonyl (C=O) groups excluding carboxylic acids is 1. The molecule has 12 unspecified atom stereocenters. The first-order valence-corrected chi connectivity index (χ1v) is 32.1. The molecule has 0 bridgehead atoms. The van der Waals surface area contributed by atoms with E-state index < -0.39 is 86.8 Å². The van der Waals surface area contributed by atoms with Crippen molar-refractivity contribution in [3.05, 3.63) is 146 Å². The maximum absolute atomic E-state index is 13.3. The summed E-state index contributed by atoms with van der Waals surface area (Å²) in [5.74, 6) is -0.272. The minimum absolute atomic E-state index is 0.247. The predicted molar refractivity (Wildman–Crippen MR) is 341 cm³/mol. The second kappa shape index (κ2) is 53.1. The standard InChI is InChI=1S/C70H113NO13/c1-3-5-7-9-11-13-15-17-19-20-21-22-23-24-25-26-27-28-29-30-31-32-33-34-35-36-37-38-40-42-44-46-48-50-52-54-62(75)71-58(59(74)53-51-49-47-45-43-41-39-18-16-14-12-10-8-6-4-2)57-81-69-67(80)65(78)68(61(56-73)83-69)84-70-66(79)64(77)63(76)60(55-72)82-70/h5,7,11,13,16-19,21-22,24-25,27-28,30-31,33-34,36-37,43,45,51,53,58-61,63-70,72-74,76-80H,3-4,6,8-10,12,14-15,20,23,26,29,32,35,38-42,44,46-50,52,54-57H2,1-2H3,(H,71,75)/b7-5-,13-11-,18-16+,19-17-,22-21-,25-24-,28-27-,31-30-,34-33-,37-36-,45-43+,53-51+. The maximum atomic E-state index is 13.3. The van der Waals surface area contributed by atoms with Crippen LogP contribution in [0.2, 0.25) is 0 Å². The van der Waals surface area contributed by atoms with Crippen molar-refractivity contribution in [1.29, 1.82) is 0 Å². The fourth-order valence-corrected chi connectivity index (χ4v) is 9.37. The molecule has 2 heterocycles. The summed E-state index contributed by atoms with van der Waals surface area (Å²) in [7, 11) is 0. The van der Waals surface area contributed by atoms with Gasteiger partial charge in [0.25, 0.3) is 0 Å². The average Bonchev–Trinajstić information content (AvgIpc) is 3.23. The topological polar surface area (TPSA) is 228 Å². The van der Waals surface area contributed by atoms with Gasteiger partial charge >= 0.3 is 0 Å². The number of amides is 1. The number of carbonyl (C=O) groups is 1. The molecular formula is C70H113NO13. The van der Waals surface area contributed by atoms with Crippen molar-refractivity contribution in [2.75, 3.05) is 19.8 Å². The summed E-state index contributed by atoms with van der Waals surface area (Å²) in [6.07, 6.45) is 63.2. The summed E-state index contributed by atoms with van der Waals surface area (Å²) in [6, 6.07) is -0.955. The molecule has 0 spiro atoms. The number of hydrogen-bond donors (Lipinski definition) is 9. The fraction of sp³-hybridized carbons (Fsp3) is 0.643. The number of aliphatic hydroxyl groups excluding tert-OH is 8. The highest BCUT2D eigenvalue weighted by Gasteiger charge is 2.51. The fourth-order valence-electron chi connectivity index (χ4n) is 9.37. The smallest absolute Gasteiger partial charge is 0.220 e. The largest absolute Gasteiger partial charge is 0.394 e. The van der Waals surface area contributed by atoms with Crippen LogP contribution in [0.4, 0.5) is 0 Å². The number of ether oxygens (including phenoxy) is 4. The Morgan fingerprint density at radius 1 is 0.440 bits per heavy atom. The van der Waals surface area contributed by atoms with Crippen LogP contribution >= 0.6 is 0 Å². The Bertz CT molecular complexity index is 1970. The van der Waals surface area contributed by atoms with Crippen molar-refractivity contribution < 1.29 is 64.6 Å². The molecule has 0 aliphatic carbocycles. The highest BCUT2D eigenvalue weighted by atomic mass is 16.7.